The van der Waals surface area contributed by atoms with Gasteiger partial charge in [0.05, 0.1) is 0 Å². The molecule has 3 heteroatoms. The van der Waals surface area contributed by atoms with Gasteiger partial charge in [-0.25, -0.2) is 4.39 Å². The molecule has 0 N–H and O–H groups in total. The molecule has 2 unspecified atom stereocenters. The molecule has 0 aliphatic heterocycles. The van der Waals surface area contributed by atoms with Gasteiger partial charge in [-0.15, -0.1) is 0 Å². The van der Waals surface area contributed by atoms with E-state index in [2.05, 4.69) is 22.9 Å². The van der Waals surface area contributed by atoms with E-state index in [4.69, 9.17) is 4.74 Å². The number of rotatable bonds is 6. The molecule has 0 saturated heterocycles. The second-order valence-corrected chi connectivity index (χ2v) is 4.72. The average molecular weight is 289 g/mol. The summed E-state index contributed by atoms with van der Waals surface area (Å²) in [6.45, 7) is 2.93. The van der Waals surface area contributed by atoms with E-state index in [1.54, 1.807) is 19.2 Å². The van der Waals surface area contributed by atoms with Gasteiger partial charge in [0.2, 0.25) is 0 Å². The fraction of sp³-hybridized carbons (Fsp3) is 0.538. The Morgan fingerprint density at radius 2 is 2.19 bits per heavy atom. The molecule has 2 atom stereocenters. The Morgan fingerprint density at radius 3 is 2.75 bits per heavy atom. The third-order valence-electron chi connectivity index (χ3n) is 2.91. The fourth-order valence-corrected chi connectivity index (χ4v) is 2.82. The maximum Gasteiger partial charge on any atom is 0.123 e. The lowest BCUT2D eigenvalue weighted by Crippen LogP contribution is -2.13. The first-order chi connectivity index (χ1) is 7.69. The van der Waals surface area contributed by atoms with E-state index >= 15 is 0 Å². The van der Waals surface area contributed by atoms with Crippen LogP contribution in [0.3, 0.4) is 0 Å². The summed E-state index contributed by atoms with van der Waals surface area (Å²) in [5, 5.41) is 0.849. The van der Waals surface area contributed by atoms with Gasteiger partial charge in [0.25, 0.3) is 0 Å². The molecule has 0 fully saturated rings. The zero-order chi connectivity index (χ0) is 12.0. The third-order valence-corrected chi connectivity index (χ3v) is 3.60. The van der Waals surface area contributed by atoms with Crippen LogP contribution in [-0.2, 0) is 4.74 Å². The summed E-state index contributed by atoms with van der Waals surface area (Å²) >= 11 is 3.51. The lowest BCUT2D eigenvalue weighted by molar-refractivity contribution is 0.176. The van der Waals surface area contributed by atoms with Crippen LogP contribution in [0.5, 0.6) is 0 Å². The van der Waals surface area contributed by atoms with Crippen LogP contribution in [0.15, 0.2) is 24.3 Å². The van der Waals surface area contributed by atoms with Crippen LogP contribution in [0.4, 0.5) is 4.39 Å². The Morgan fingerprint density at radius 1 is 1.44 bits per heavy atom. The van der Waals surface area contributed by atoms with Crippen molar-refractivity contribution in [1.29, 1.82) is 0 Å². The smallest absolute Gasteiger partial charge is 0.123 e. The maximum atomic E-state index is 13.1. The first kappa shape index (κ1) is 13.7. The molecule has 1 rings (SSSR count). The highest BCUT2D eigenvalue weighted by atomic mass is 79.9. The number of halogens is 2. The van der Waals surface area contributed by atoms with Gasteiger partial charge in [-0.1, -0.05) is 35.0 Å². The molecule has 0 spiro atoms. The SMILES string of the molecule is COCCC(C)C(CBr)c1cccc(F)c1. The fourth-order valence-electron chi connectivity index (χ4n) is 1.81. The predicted octanol–water partition coefficient (Wildman–Crippen LogP) is 3.98. The number of hydrogen-bond donors (Lipinski definition) is 0. The molecular weight excluding hydrogens is 271 g/mol. The molecule has 90 valence electrons. The molecular formula is C13H18BrFO. The first-order valence-electron chi connectivity index (χ1n) is 5.49. The summed E-state index contributed by atoms with van der Waals surface area (Å²) in [7, 11) is 1.71. The Balaban J connectivity index is 2.73. The second kappa shape index (κ2) is 7.02. The highest BCUT2D eigenvalue weighted by Crippen LogP contribution is 2.29. The topological polar surface area (TPSA) is 9.23 Å². The van der Waals surface area contributed by atoms with Crippen LogP contribution < -0.4 is 0 Å². The summed E-state index contributed by atoms with van der Waals surface area (Å²) < 4.78 is 18.2. The van der Waals surface area contributed by atoms with Crippen molar-refractivity contribution in [2.75, 3.05) is 19.0 Å². The van der Waals surface area contributed by atoms with Crippen LogP contribution in [0, 0.1) is 11.7 Å². The molecule has 0 aliphatic carbocycles. The Hall–Kier alpha value is -0.410. The van der Waals surface area contributed by atoms with E-state index in [-0.39, 0.29) is 5.82 Å². The molecule has 1 aromatic carbocycles. The minimum Gasteiger partial charge on any atom is -0.385 e. The van der Waals surface area contributed by atoms with E-state index in [1.807, 2.05) is 6.07 Å². The van der Waals surface area contributed by atoms with Gasteiger partial charge in [0.1, 0.15) is 5.82 Å². The number of benzene rings is 1. The van der Waals surface area contributed by atoms with Crippen molar-refractivity contribution in [2.24, 2.45) is 5.92 Å². The standard InChI is InChI=1S/C13H18BrFO/c1-10(6-7-16-2)13(9-14)11-4-3-5-12(15)8-11/h3-5,8,10,13H,6-7,9H2,1-2H3. The van der Waals surface area contributed by atoms with E-state index in [1.165, 1.54) is 6.07 Å². The third kappa shape index (κ3) is 3.87. The highest BCUT2D eigenvalue weighted by Gasteiger charge is 2.18. The van der Waals surface area contributed by atoms with Crippen molar-refractivity contribution in [3.8, 4) is 0 Å². The molecule has 0 aromatic heterocycles. The van der Waals surface area contributed by atoms with E-state index in [9.17, 15) is 4.39 Å². The van der Waals surface area contributed by atoms with Crippen molar-refractivity contribution in [3.05, 3.63) is 35.6 Å². The van der Waals surface area contributed by atoms with Gasteiger partial charge >= 0.3 is 0 Å². The lowest BCUT2D eigenvalue weighted by Gasteiger charge is -2.22. The monoisotopic (exact) mass is 288 g/mol. The number of methoxy groups -OCH3 is 1. The van der Waals surface area contributed by atoms with Crippen molar-refractivity contribution in [3.63, 3.8) is 0 Å². The quantitative estimate of drug-likeness (QED) is 0.720. The van der Waals surface area contributed by atoms with Gasteiger partial charge in [-0.2, -0.15) is 0 Å². The van der Waals surface area contributed by atoms with Crippen molar-refractivity contribution in [2.45, 2.75) is 19.3 Å². The number of ether oxygens (including phenoxy) is 1. The molecule has 0 aliphatic rings. The van der Waals surface area contributed by atoms with Crippen LogP contribution in [0.25, 0.3) is 0 Å². The van der Waals surface area contributed by atoms with Crippen LogP contribution in [0.2, 0.25) is 0 Å². The lowest BCUT2D eigenvalue weighted by atomic mass is 9.87. The first-order valence-corrected chi connectivity index (χ1v) is 6.61. The summed E-state index contributed by atoms with van der Waals surface area (Å²) in [4.78, 5) is 0. The molecule has 0 radical (unpaired) electrons. The minimum absolute atomic E-state index is 0.164. The van der Waals surface area contributed by atoms with Crippen LogP contribution in [0.1, 0.15) is 24.8 Å². The minimum atomic E-state index is -0.164. The van der Waals surface area contributed by atoms with Gasteiger partial charge in [0, 0.05) is 19.0 Å². The molecule has 16 heavy (non-hydrogen) atoms. The van der Waals surface area contributed by atoms with E-state index in [0.29, 0.717) is 11.8 Å². The van der Waals surface area contributed by atoms with Gasteiger partial charge in [-0.3, -0.25) is 0 Å². The van der Waals surface area contributed by atoms with Crippen molar-refractivity contribution >= 4 is 15.9 Å². The maximum absolute atomic E-state index is 13.1. The molecule has 0 bridgehead atoms. The summed E-state index contributed by atoms with van der Waals surface area (Å²) in [5.74, 6) is 0.648. The van der Waals surface area contributed by atoms with E-state index in [0.717, 1.165) is 23.9 Å². The summed E-state index contributed by atoms with van der Waals surface area (Å²) in [6, 6.07) is 6.85. The Kier molecular flexibility index (Phi) is 5.99. The molecule has 0 amide bonds. The Bertz CT molecular complexity index is 317. The zero-order valence-electron chi connectivity index (χ0n) is 9.75. The molecule has 1 nitrogen and oxygen atoms in total. The summed E-state index contributed by atoms with van der Waals surface area (Å²) in [5.41, 5.74) is 1.06. The van der Waals surface area contributed by atoms with Crippen molar-refractivity contribution < 1.29 is 9.13 Å². The predicted molar refractivity (Wildman–Crippen MR) is 68.6 cm³/mol. The van der Waals surface area contributed by atoms with Crippen LogP contribution in [-0.4, -0.2) is 19.0 Å². The summed E-state index contributed by atoms with van der Waals surface area (Å²) in [6.07, 6.45) is 0.989. The Labute approximate surface area is 105 Å². The molecule has 0 heterocycles. The van der Waals surface area contributed by atoms with Gasteiger partial charge in [-0.05, 0) is 36.0 Å². The number of alkyl halides is 1. The van der Waals surface area contributed by atoms with Crippen LogP contribution >= 0.6 is 15.9 Å². The molecule has 1 aromatic rings. The van der Waals surface area contributed by atoms with Gasteiger partial charge < -0.3 is 4.74 Å². The zero-order valence-corrected chi connectivity index (χ0v) is 11.3. The number of hydrogen-bond acceptors (Lipinski definition) is 1. The highest BCUT2D eigenvalue weighted by molar-refractivity contribution is 9.09. The largest absolute Gasteiger partial charge is 0.385 e. The van der Waals surface area contributed by atoms with Gasteiger partial charge in [0.15, 0.2) is 0 Å². The average Bonchev–Trinajstić information content (AvgIpc) is 2.27. The second-order valence-electron chi connectivity index (χ2n) is 4.07. The van der Waals surface area contributed by atoms with Crippen molar-refractivity contribution in [1.82, 2.24) is 0 Å². The van der Waals surface area contributed by atoms with E-state index < -0.39 is 0 Å². The normalized spacial score (nSPS) is 14.8. The molecule has 0 saturated carbocycles.